The van der Waals surface area contributed by atoms with Gasteiger partial charge in [-0.3, -0.25) is 4.79 Å². The lowest BCUT2D eigenvalue weighted by atomic mass is 9.77. The van der Waals surface area contributed by atoms with Crippen LogP contribution in [0.1, 0.15) is 58.8 Å². The van der Waals surface area contributed by atoms with Crippen LogP contribution in [0.25, 0.3) is 0 Å². The van der Waals surface area contributed by atoms with Gasteiger partial charge in [0.25, 0.3) is 0 Å². The third kappa shape index (κ3) is 3.56. The van der Waals surface area contributed by atoms with Crippen LogP contribution in [0, 0.1) is 23.2 Å². The van der Waals surface area contributed by atoms with E-state index in [-0.39, 0.29) is 12.4 Å². The third-order valence-corrected chi connectivity index (χ3v) is 6.11. The second kappa shape index (κ2) is 6.87. The number of piperidine rings is 1. The molecular formula is C17H31ClN2O. The van der Waals surface area contributed by atoms with Crippen molar-refractivity contribution in [1.82, 2.24) is 10.6 Å². The Morgan fingerprint density at radius 3 is 2.52 bits per heavy atom. The van der Waals surface area contributed by atoms with Crippen LogP contribution in [-0.4, -0.2) is 25.0 Å². The molecule has 0 aromatic heterocycles. The van der Waals surface area contributed by atoms with Crippen molar-refractivity contribution in [3.63, 3.8) is 0 Å². The number of nitrogens with one attached hydrogen (secondary N) is 2. The van der Waals surface area contributed by atoms with Gasteiger partial charge in [0.15, 0.2) is 0 Å². The van der Waals surface area contributed by atoms with Gasteiger partial charge in [0.05, 0.1) is 0 Å². The number of halogens is 1. The Morgan fingerprint density at radius 2 is 1.86 bits per heavy atom. The standard InChI is InChI=1S/C17H30N2O.ClH/c1-12(2)13-5-3-4-6-15(13)19-16(20)14-11-17(14)7-9-18-10-8-17;/h12-15,18H,3-11H2,1-2H3,(H,19,20);1H. The van der Waals surface area contributed by atoms with Gasteiger partial charge in [-0.05, 0) is 62.4 Å². The molecule has 0 bridgehead atoms. The molecule has 1 spiro atoms. The number of hydrogen-bond donors (Lipinski definition) is 2. The van der Waals surface area contributed by atoms with E-state index in [1.54, 1.807) is 0 Å². The summed E-state index contributed by atoms with van der Waals surface area (Å²) >= 11 is 0. The smallest absolute Gasteiger partial charge is 0.223 e. The number of carbonyl (C=O) groups excluding carboxylic acids is 1. The molecule has 3 rings (SSSR count). The minimum atomic E-state index is 0. The quantitative estimate of drug-likeness (QED) is 0.840. The summed E-state index contributed by atoms with van der Waals surface area (Å²) in [5.41, 5.74) is 0.372. The number of hydrogen-bond acceptors (Lipinski definition) is 2. The van der Waals surface area contributed by atoms with E-state index in [0.717, 1.165) is 19.5 Å². The van der Waals surface area contributed by atoms with Gasteiger partial charge in [0.2, 0.25) is 5.91 Å². The van der Waals surface area contributed by atoms with Gasteiger partial charge in [-0.1, -0.05) is 26.7 Å². The van der Waals surface area contributed by atoms with Crippen LogP contribution in [0.5, 0.6) is 0 Å². The van der Waals surface area contributed by atoms with Crippen molar-refractivity contribution in [2.45, 2.75) is 64.8 Å². The Kier molecular flexibility index (Phi) is 5.59. The Morgan fingerprint density at radius 1 is 1.19 bits per heavy atom. The molecule has 1 aliphatic heterocycles. The van der Waals surface area contributed by atoms with Crippen molar-refractivity contribution in [2.24, 2.45) is 23.2 Å². The maximum absolute atomic E-state index is 12.6. The lowest BCUT2D eigenvalue weighted by Crippen LogP contribution is -2.45. The molecule has 3 fully saturated rings. The Balaban J connectivity index is 0.00000161. The van der Waals surface area contributed by atoms with Crippen molar-refractivity contribution < 1.29 is 4.79 Å². The highest BCUT2D eigenvalue weighted by atomic mass is 35.5. The molecule has 21 heavy (non-hydrogen) atoms. The number of amides is 1. The fraction of sp³-hybridized carbons (Fsp3) is 0.941. The molecule has 0 radical (unpaired) electrons. The third-order valence-electron chi connectivity index (χ3n) is 6.11. The summed E-state index contributed by atoms with van der Waals surface area (Å²) in [5, 5.41) is 6.84. The minimum absolute atomic E-state index is 0. The summed E-state index contributed by atoms with van der Waals surface area (Å²) in [7, 11) is 0. The molecule has 3 unspecified atom stereocenters. The van der Waals surface area contributed by atoms with E-state index in [2.05, 4.69) is 24.5 Å². The highest BCUT2D eigenvalue weighted by Crippen LogP contribution is 2.58. The molecule has 4 heteroatoms. The van der Waals surface area contributed by atoms with Crippen LogP contribution < -0.4 is 10.6 Å². The van der Waals surface area contributed by atoms with Gasteiger partial charge in [0, 0.05) is 12.0 Å². The second-order valence-corrected chi connectivity index (χ2v) is 7.68. The van der Waals surface area contributed by atoms with Gasteiger partial charge >= 0.3 is 0 Å². The van der Waals surface area contributed by atoms with Crippen LogP contribution in [0.2, 0.25) is 0 Å². The molecule has 2 N–H and O–H groups in total. The van der Waals surface area contributed by atoms with E-state index in [9.17, 15) is 4.79 Å². The predicted octanol–water partition coefficient (Wildman–Crippen LogP) is 3.13. The van der Waals surface area contributed by atoms with Crippen molar-refractivity contribution >= 4 is 18.3 Å². The lowest BCUT2D eigenvalue weighted by molar-refractivity contribution is -0.124. The maximum atomic E-state index is 12.6. The monoisotopic (exact) mass is 314 g/mol. The Labute approximate surface area is 135 Å². The first-order valence-electron chi connectivity index (χ1n) is 8.63. The summed E-state index contributed by atoms with van der Waals surface area (Å²) in [4.78, 5) is 12.6. The van der Waals surface area contributed by atoms with E-state index >= 15 is 0 Å². The van der Waals surface area contributed by atoms with Crippen molar-refractivity contribution in [3.05, 3.63) is 0 Å². The van der Waals surface area contributed by atoms with Crippen LogP contribution >= 0.6 is 12.4 Å². The topological polar surface area (TPSA) is 41.1 Å². The highest BCUT2D eigenvalue weighted by Gasteiger charge is 2.57. The molecule has 3 nitrogen and oxygen atoms in total. The van der Waals surface area contributed by atoms with Crippen molar-refractivity contribution in [2.75, 3.05) is 13.1 Å². The van der Waals surface area contributed by atoms with E-state index in [4.69, 9.17) is 0 Å². The Bertz CT molecular complexity index is 366. The summed E-state index contributed by atoms with van der Waals surface area (Å²) in [5.74, 6) is 2.06. The van der Waals surface area contributed by atoms with Gasteiger partial charge in [-0.2, -0.15) is 0 Å². The van der Waals surface area contributed by atoms with E-state index in [0.29, 0.717) is 35.1 Å². The van der Waals surface area contributed by atoms with Gasteiger partial charge < -0.3 is 10.6 Å². The van der Waals surface area contributed by atoms with E-state index in [1.807, 2.05) is 0 Å². The zero-order chi connectivity index (χ0) is 14.2. The van der Waals surface area contributed by atoms with Crippen LogP contribution in [0.4, 0.5) is 0 Å². The first-order chi connectivity index (χ1) is 9.62. The molecule has 1 amide bonds. The highest BCUT2D eigenvalue weighted by molar-refractivity contribution is 5.85. The first-order valence-corrected chi connectivity index (χ1v) is 8.63. The summed E-state index contributed by atoms with van der Waals surface area (Å²) in [6.45, 7) is 6.81. The predicted molar refractivity (Wildman–Crippen MR) is 88.6 cm³/mol. The van der Waals surface area contributed by atoms with Gasteiger partial charge in [0.1, 0.15) is 0 Å². The molecule has 0 aromatic rings. The average Bonchev–Trinajstić information content (AvgIpc) is 3.13. The number of carbonyl (C=O) groups is 1. The molecular weight excluding hydrogens is 284 g/mol. The fourth-order valence-corrected chi connectivity index (χ4v) is 4.62. The summed E-state index contributed by atoms with van der Waals surface area (Å²) in [6.07, 6.45) is 8.65. The SMILES string of the molecule is CC(C)C1CCCCC1NC(=O)C1CC12CCNCC2.Cl. The number of rotatable bonds is 3. The second-order valence-electron chi connectivity index (χ2n) is 7.68. The van der Waals surface area contributed by atoms with Crippen LogP contribution in [-0.2, 0) is 4.79 Å². The summed E-state index contributed by atoms with van der Waals surface area (Å²) in [6, 6.07) is 0.440. The molecule has 1 saturated heterocycles. The van der Waals surface area contributed by atoms with Crippen LogP contribution in [0.3, 0.4) is 0 Å². The molecule has 2 saturated carbocycles. The lowest BCUT2D eigenvalue weighted by Gasteiger charge is -2.35. The van der Waals surface area contributed by atoms with Crippen molar-refractivity contribution in [1.29, 1.82) is 0 Å². The fourth-order valence-electron chi connectivity index (χ4n) is 4.62. The van der Waals surface area contributed by atoms with E-state index < -0.39 is 0 Å². The van der Waals surface area contributed by atoms with E-state index in [1.165, 1.54) is 38.5 Å². The van der Waals surface area contributed by atoms with Gasteiger partial charge in [-0.25, -0.2) is 0 Å². The molecule has 122 valence electrons. The maximum Gasteiger partial charge on any atom is 0.223 e. The largest absolute Gasteiger partial charge is 0.353 e. The van der Waals surface area contributed by atoms with Crippen molar-refractivity contribution in [3.8, 4) is 0 Å². The molecule has 3 atom stereocenters. The normalized spacial score (nSPS) is 34.3. The molecule has 3 aliphatic rings. The Hall–Kier alpha value is -0.280. The minimum Gasteiger partial charge on any atom is -0.353 e. The zero-order valence-corrected chi connectivity index (χ0v) is 14.3. The van der Waals surface area contributed by atoms with Crippen LogP contribution in [0.15, 0.2) is 0 Å². The molecule has 1 heterocycles. The molecule has 0 aromatic carbocycles. The van der Waals surface area contributed by atoms with Gasteiger partial charge in [-0.15, -0.1) is 12.4 Å². The average molecular weight is 315 g/mol. The summed E-state index contributed by atoms with van der Waals surface area (Å²) < 4.78 is 0. The zero-order valence-electron chi connectivity index (χ0n) is 13.5. The first kappa shape index (κ1) is 17.1. The molecule has 2 aliphatic carbocycles.